The van der Waals surface area contributed by atoms with E-state index in [1.165, 1.54) is 12.1 Å². The fraction of sp³-hybridized carbons (Fsp3) is 0.533. The second kappa shape index (κ2) is 6.38. The predicted octanol–water partition coefficient (Wildman–Crippen LogP) is 3.88. The number of carbonyl (C=O) groups excluding carboxylic acids is 1. The second-order valence-electron chi connectivity index (χ2n) is 5.45. The summed E-state index contributed by atoms with van der Waals surface area (Å²) in [5.74, 6) is 0.421. The average molecular weight is 364 g/mol. The molecule has 1 aromatic rings. The Labute approximate surface area is 130 Å². The van der Waals surface area contributed by atoms with Gasteiger partial charge in [0.25, 0.3) is 0 Å². The molecule has 1 amide bonds. The van der Waals surface area contributed by atoms with E-state index in [4.69, 9.17) is 0 Å². The number of amides is 1. The van der Waals surface area contributed by atoms with Crippen LogP contribution in [0.2, 0.25) is 0 Å². The van der Waals surface area contributed by atoms with Gasteiger partial charge in [0.1, 0.15) is 0 Å². The van der Waals surface area contributed by atoms with Gasteiger partial charge in [-0.2, -0.15) is 13.2 Å². The van der Waals surface area contributed by atoms with Gasteiger partial charge in [-0.15, -0.1) is 0 Å². The van der Waals surface area contributed by atoms with E-state index < -0.39 is 11.7 Å². The lowest BCUT2D eigenvalue weighted by Gasteiger charge is -2.25. The Morgan fingerprint density at radius 3 is 2.48 bits per heavy atom. The van der Waals surface area contributed by atoms with Crippen molar-refractivity contribution in [1.29, 1.82) is 0 Å². The standard InChI is InChI=1S/C15H17BrF3NO/c1-10-6-7-20(13(10)9-16)14(21)8-11-2-4-12(5-3-11)15(17,18)19/h2-5,10,13H,6-9H2,1H3. The van der Waals surface area contributed by atoms with Crippen LogP contribution in [-0.2, 0) is 17.4 Å². The van der Waals surface area contributed by atoms with Gasteiger partial charge in [0.05, 0.1) is 12.0 Å². The highest BCUT2D eigenvalue weighted by Crippen LogP contribution is 2.30. The molecule has 6 heteroatoms. The van der Waals surface area contributed by atoms with Crippen molar-refractivity contribution in [2.24, 2.45) is 5.92 Å². The molecule has 0 aliphatic carbocycles. The van der Waals surface area contributed by atoms with Crippen molar-refractivity contribution >= 4 is 21.8 Å². The van der Waals surface area contributed by atoms with Gasteiger partial charge in [-0.3, -0.25) is 4.79 Å². The summed E-state index contributed by atoms with van der Waals surface area (Å²) in [5, 5.41) is 0.729. The molecule has 2 unspecified atom stereocenters. The van der Waals surface area contributed by atoms with Crippen LogP contribution in [0.5, 0.6) is 0 Å². The zero-order valence-electron chi connectivity index (χ0n) is 11.7. The summed E-state index contributed by atoms with van der Waals surface area (Å²) in [5.41, 5.74) is -0.0762. The maximum atomic E-state index is 12.5. The number of hydrogen-bond donors (Lipinski definition) is 0. The lowest BCUT2D eigenvalue weighted by atomic mass is 10.0. The van der Waals surface area contributed by atoms with Gasteiger partial charge >= 0.3 is 6.18 Å². The molecule has 0 aromatic heterocycles. The molecule has 1 aromatic carbocycles. The Kier molecular flexibility index (Phi) is 4.96. The Morgan fingerprint density at radius 1 is 1.33 bits per heavy atom. The lowest BCUT2D eigenvalue weighted by molar-refractivity contribution is -0.137. The van der Waals surface area contributed by atoms with Crippen molar-refractivity contribution in [1.82, 2.24) is 4.90 Å². The van der Waals surface area contributed by atoms with Crippen LogP contribution in [0.1, 0.15) is 24.5 Å². The summed E-state index contributed by atoms with van der Waals surface area (Å²) in [6.07, 6.45) is -3.22. The zero-order chi connectivity index (χ0) is 15.6. The topological polar surface area (TPSA) is 20.3 Å². The SMILES string of the molecule is CC1CCN(C(=O)Cc2ccc(C(F)(F)F)cc2)C1CBr. The molecule has 1 aliphatic rings. The molecule has 2 atom stereocenters. The molecular formula is C15H17BrF3NO. The summed E-state index contributed by atoms with van der Waals surface area (Å²) in [7, 11) is 0. The number of carbonyl (C=O) groups is 1. The Hall–Kier alpha value is -1.04. The molecule has 1 aliphatic heterocycles. The largest absolute Gasteiger partial charge is 0.416 e. The minimum absolute atomic E-state index is 0.0245. The average Bonchev–Trinajstić information content (AvgIpc) is 2.79. The van der Waals surface area contributed by atoms with Gasteiger partial charge in [0.2, 0.25) is 5.91 Å². The highest BCUT2D eigenvalue weighted by molar-refractivity contribution is 9.09. The van der Waals surface area contributed by atoms with E-state index in [0.29, 0.717) is 11.5 Å². The van der Waals surface area contributed by atoms with Crippen molar-refractivity contribution in [3.63, 3.8) is 0 Å². The first-order valence-corrected chi connectivity index (χ1v) is 7.96. The third-order valence-electron chi connectivity index (χ3n) is 4.00. The summed E-state index contributed by atoms with van der Waals surface area (Å²) in [6.45, 7) is 2.83. The predicted molar refractivity (Wildman–Crippen MR) is 78.2 cm³/mol. The van der Waals surface area contributed by atoms with Crippen LogP contribution in [0.3, 0.4) is 0 Å². The summed E-state index contributed by atoms with van der Waals surface area (Å²) in [4.78, 5) is 14.1. The van der Waals surface area contributed by atoms with Crippen molar-refractivity contribution in [3.05, 3.63) is 35.4 Å². The second-order valence-corrected chi connectivity index (χ2v) is 6.09. The van der Waals surface area contributed by atoms with E-state index >= 15 is 0 Å². The monoisotopic (exact) mass is 363 g/mol. The molecule has 0 saturated carbocycles. The molecule has 0 N–H and O–H groups in total. The van der Waals surface area contributed by atoms with Gasteiger partial charge in [-0.05, 0) is 30.0 Å². The molecule has 0 bridgehead atoms. The molecule has 0 spiro atoms. The molecular weight excluding hydrogens is 347 g/mol. The van der Waals surface area contributed by atoms with E-state index in [9.17, 15) is 18.0 Å². The van der Waals surface area contributed by atoms with Crippen molar-refractivity contribution < 1.29 is 18.0 Å². The zero-order valence-corrected chi connectivity index (χ0v) is 13.2. The smallest absolute Gasteiger partial charge is 0.338 e. The van der Waals surface area contributed by atoms with Crippen molar-refractivity contribution in [3.8, 4) is 0 Å². The summed E-state index contributed by atoms with van der Waals surface area (Å²) < 4.78 is 37.5. The third-order valence-corrected chi connectivity index (χ3v) is 4.66. The molecule has 1 fully saturated rings. The number of rotatable bonds is 3. The van der Waals surface area contributed by atoms with Gasteiger partial charge in [-0.1, -0.05) is 35.0 Å². The van der Waals surface area contributed by atoms with Gasteiger partial charge < -0.3 is 4.90 Å². The Morgan fingerprint density at radius 2 is 1.95 bits per heavy atom. The van der Waals surface area contributed by atoms with Crippen LogP contribution in [0, 0.1) is 5.92 Å². The minimum atomic E-state index is -4.34. The normalized spacial score (nSPS) is 22.6. The number of likely N-dealkylation sites (tertiary alicyclic amines) is 1. The molecule has 0 radical (unpaired) electrons. The fourth-order valence-corrected chi connectivity index (χ4v) is 3.63. The number of hydrogen-bond acceptors (Lipinski definition) is 1. The van der Waals surface area contributed by atoms with Crippen LogP contribution >= 0.6 is 15.9 Å². The molecule has 1 saturated heterocycles. The lowest BCUT2D eigenvalue weighted by Crippen LogP contribution is -2.39. The van der Waals surface area contributed by atoms with Crippen LogP contribution in [0.4, 0.5) is 13.2 Å². The van der Waals surface area contributed by atoms with E-state index in [1.54, 1.807) is 0 Å². The van der Waals surface area contributed by atoms with Crippen molar-refractivity contribution in [2.45, 2.75) is 32.0 Å². The number of nitrogens with zero attached hydrogens (tertiary/aromatic N) is 1. The maximum absolute atomic E-state index is 12.5. The van der Waals surface area contributed by atoms with E-state index in [0.717, 1.165) is 30.4 Å². The van der Waals surface area contributed by atoms with Gasteiger partial charge in [0, 0.05) is 17.9 Å². The molecule has 2 rings (SSSR count). The van der Waals surface area contributed by atoms with Crippen LogP contribution in [0.15, 0.2) is 24.3 Å². The third kappa shape index (κ3) is 3.78. The molecule has 116 valence electrons. The Bertz CT molecular complexity index is 501. The Balaban J connectivity index is 2.03. The number of halogens is 4. The molecule has 2 nitrogen and oxygen atoms in total. The summed E-state index contributed by atoms with van der Waals surface area (Å²) in [6, 6.07) is 4.98. The van der Waals surface area contributed by atoms with E-state index in [2.05, 4.69) is 22.9 Å². The van der Waals surface area contributed by atoms with E-state index in [-0.39, 0.29) is 18.4 Å². The molecule has 1 heterocycles. The van der Waals surface area contributed by atoms with Crippen LogP contribution < -0.4 is 0 Å². The number of alkyl halides is 4. The first-order valence-electron chi connectivity index (χ1n) is 6.84. The highest BCUT2D eigenvalue weighted by atomic mass is 79.9. The van der Waals surface area contributed by atoms with Crippen LogP contribution in [0.25, 0.3) is 0 Å². The highest BCUT2D eigenvalue weighted by Gasteiger charge is 2.33. The quantitative estimate of drug-likeness (QED) is 0.746. The van der Waals surface area contributed by atoms with Crippen molar-refractivity contribution in [2.75, 3.05) is 11.9 Å². The van der Waals surface area contributed by atoms with E-state index in [1.807, 2.05) is 4.90 Å². The summed E-state index contributed by atoms with van der Waals surface area (Å²) >= 11 is 3.42. The minimum Gasteiger partial charge on any atom is -0.338 e. The molecule has 21 heavy (non-hydrogen) atoms. The van der Waals surface area contributed by atoms with Gasteiger partial charge in [-0.25, -0.2) is 0 Å². The number of benzene rings is 1. The van der Waals surface area contributed by atoms with Crippen LogP contribution in [-0.4, -0.2) is 28.7 Å². The first-order chi connectivity index (χ1) is 9.82. The maximum Gasteiger partial charge on any atom is 0.416 e. The first kappa shape index (κ1) is 16.3. The van der Waals surface area contributed by atoms with Gasteiger partial charge in [0.15, 0.2) is 0 Å². The fourth-order valence-electron chi connectivity index (χ4n) is 2.64.